The van der Waals surface area contributed by atoms with Crippen LogP contribution >= 0.6 is 7.82 Å². The Hall–Kier alpha value is 0.840. The van der Waals surface area contributed by atoms with Crippen LogP contribution in [0.25, 0.3) is 0 Å². The molecule has 0 aliphatic carbocycles. The summed E-state index contributed by atoms with van der Waals surface area (Å²) in [6.07, 6.45) is 5.61. The molecule has 0 unspecified atom stereocenters. The van der Waals surface area contributed by atoms with Gasteiger partial charge in [-0.1, -0.05) is 32.6 Å². The van der Waals surface area contributed by atoms with Crippen LogP contribution < -0.4 is 10.00 Å². The van der Waals surface area contributed by atoms with Gasteiger partial charge in [0, 0.05) is 5.97 Å². The molecular weight excluding hydrogens is 263 g/mol. The van der Waals surface area contributed by atoms with Gasteiger partial charge >= 0.3 is 37.7 Å². The van der Waals surface area contributed by atoms with Crippen molar-refractivity contribution >= 4 is 51.5 Å². The zero-order valence-electron chi connectivity index (χ0n) is 9.42. The molecule has 0 amide bonds. The molecule has 92 valence electrons. The van der Waals surface area contributed by atoms with Crippen molar-refractivity contribution in [2.75, 3.05) is 0 Å². The van der Waals surface area contributed by atoms with Crippen molar-refractivity contribution < 1.29 is 29.1 Å². The van der Waals surface area contributed by atoms with Crippen molar-refractivity contribution in [1.29, 1.82) is 0 Å². The fourth-order valence-corrected chi connectivity index (χ4v) is 0.873. The number of carbonyl (C=O) groups excluding carboxylic acids is 1. The second-order valence-corrected chi connectivity index (χ2v) is 4.01. The fraction of sp³-hybridized carbons (Fsp3) is 0.875. The summed E-state index contributed by atoms with van der Waals surface area (Å²) in [7, 11) is -4.89. The first-order valence-corrected chi connectivity index (χ1v) is 6.26. The molecule has 0 aliphatic rings. The van der Waals surface area contributed by atoms with Crippen LogP contribution in [0.5, 0.6) is 0 Å². The van der Waals surface area contributed by atoms with Crippen LogP contribution in [0.4, 0.5) is 0 Å². The van der Waals surface area contributed by atoms with Crippen molar-refractivity contribution in [3.8, 4) is 0 Å². The predicted molar refractivity (Wildman–Crippen MR) is 56.2 cm³/mol. The molecule has 0 saturated heterocycles. The number of aliphatic carboxylic acids is 1. The standard InChI is InChI=1S/C8H16O2.Ca.H3O4P/c1-2-3-4-5-6-7-8(9)10;;1-5(2,3)4/h2-7H2,1H3,(H,9,10);;(H3,1,2,3,4)/q;+2;/p-2. The van der Waals surface area contributed by atoms with E-state index >= 15 is 0 Å². The van der Waals surface area contributed by atoms with E-state index in [1.807, 2.05) is 0 Å². The molecule has 0 aromatic carbocycles. The predicted octanol–water partition coefficient (Wildman–Crippen LogP) is -0.845. The Morgan fingerprint density at radius 2 is 1.56 bits per heavy atom. The Morgan fingerprint density at radius 1 is 1.19 bits per heavy atom. The van der Waals surface area contributed by atoms with Crippen molar-refractivity contribution in [3.63, 3.8) is 0 Å². The van der Waals surface area contributed by atoms with E-state index in [2.05, 4.69) is 6.92 Å². The number of carboxylic acids is 1. The van der Waals surface area contributed by atoms with Gasteiger partial charge in [-0.2, -0.15) is 0 Å². The number of unbranched alkanes of at least 4 members (excludes halogenated alkanes) is 4. The van der Waals surface area contributed by atoms with Gasteiger partial charge in [0.15, 0.2) is 0 Å². The first-order chi connectivity index (χ1) is 6.77. The summed E-state index contributed by atoms with van der Waals surface area (Å²) in [6.45, 7) is 2.14. The molecule has 0 aromatic rings. The van der Waals surface area contributed by atoms with Crippen molar-refractivity contribution in [2.45, 2.75) is 45.4 Å². The van der Waals surface area contributed by atoms with Crippen LogP contribution in [0.2, 0.25) is 0 Å². The molecule has 6 nitrogen and oxygen atoms in total. The molecule has 0 rings (SSSR count). The van der Waals surface area contributed by atoms with Crippen LogP contribution in [-0.4, -0.2) is 53.5 Å². The van der Waals surface area contributed by atoms with Crippen molar-refractivity contribution in [1.82, 2.24) is 0 Å². The van der Waals surface area contributed by atoms with E-state index in [0.717, 1.165) is 19.3 Å². The molecular formula is C8H17CaO6P. The van der Waals surface area contributed by atoms with E-state index in [1.54, 1.807) is 0 Å². The summed E-state index contributed by atoms with van der Waals surface area (Å²) in [5.74, 6) is -0.920. The monoisotopic (exact) mass is 280 g/mol. The van der Waals surface area contributed by atoms with Crippen LogP contribution in [-0.2, 0) is 9.36 Å². The third kappa shape index (κ3) is 46.2. The third-order valence-electron chi connectivity index (χ3n) is 1.48. The largest absolute Gasteiger partial charge is 2.00 e. The maximum absolute atomic E-state index is 9.92. The SMILES string of the molecule is CCCCCCCC(=O)[O-].O=P([O-])(O)O.[Ca+2]. The van der Waals surface area contributed by atoms with Crippen LogP contribution in [0.3, 0.4) is 0 Å². The Balaban J connectivity index is -0.000000242. The number of hydrogen-bond acceptors (Lipinski definition) is 4. The summed E-state index contributed by atoms with van der Waals surface area (Å²) >= 11 is 0. The molecule has 2 N–H and O–H groups in total. The number of carboxylic acid groups (broad SMARTS) is 1. The summed E-state index contributed by atoms with van der Waals surface area (Å²) in [5, 5.41) is 9.92. The van der Waals surface area contributed by atoms with Gasteiger partial charge in [-0.05, 0) is 12.8 Å². The molecule has 0 fully saturated rings. The molecule has 8 heteroatoms. The first kappa shape index (κ1) is 22.1. The van der Waals surface area contributed by atoms with Gasteiger partial charge in [-0.25, -0.2) is 0 Å². The summed E-state index contributed by atoms with van der Waals surface area (Å²) in [6, 6.07) is 0. The van der Waals surface area contributed by atoms with Gasteiger partial charge < -0.3 is 24.6 Å². The molecule has 16 heavy (non-hydrogen) atoms. The topological polar surface area (TPSA) is 121 Å². The van der Waals surface area contributed by atoms with Gasteiger partial charge in [0.25, 0.3) is 7.82 Å². The van der Waals surface area contributed by atoms with E-state index in [9.17, 15) is 9.90 Å². The van der Waals surface area contributed by atoms with Crippen LogP contribution in [0.15, 0.2) is 0 Å². The second kappa shape index (κ2) is 13.9. The van der Waals surface area contributed by atoms with Gasteiger partial charge in [-0.15, -0.1) is 0 Å². The molecule has 0 aromatic heterocycles. The number of rotatable bonds is 6. The van der Waals surface area contributed by atoms with Crippen LogP contribution in [0, 0.1) is 0 Å². The fourth-order valence-electron chi connectivity index (χ4n) is 0.873. The summed E-state index contributed by atoms with van der Waals surface area (Å²) in [5.41, 5.74) is 0. The molecule has 0 atom stereocenters. The van der Waals surface area contributed by atoms with Crippen LogP contribution in [0.1, 0.15) is 45.4 Å². The van der Waals surface area contributed by atoms with Crippen molar-refractivity contribution in [2.24, 2.45) is 0 Å². The quantitative estimate of drug-likeness (QED) is 0.371. The van der Waals surface area contributed by atoms with Gasteiger partial charge in [0.05, 0.1) is 0 Å². The third-order valence-corrected chi connectivity index (χ3v) is 1.48. The van der Waals surface area contributed by atoms with Gasteiger partial charge in [0.2, 0.25) is 0 Å². The molecule has 0 aliphatic heterocycles. The number of hydrogen-bond donors (Lipinski definition) is 2. The van der Waals surface area contributed by atoms with E-state index in [1.165, 1.54) is 12.8 Å². The summed E-state index contributed by atoms with van der Waals surface area (Å²) in [4.78, 5) is 32.8. The molecule has 0 bridgehead atoms. The Bertz CT molecular complexity index is 196. The Kier molecular flexibility index (Phi) is 19.2. The first-order valence-electron chi connectivity index (χ1n) is 4.73. The van der Waals surface area contributed by atoms with E-state index in [-0.39, 0.29) is 44.2 Å². The zero-order chi connectivity index (χ0) is 12.3. The summed E-state index contributed by atoms with van der Waals surface area (Å²) < 4.78 is 8.77. The zero-order valence-corrected chi connectivity index (χ0v) is 12.5. The maximum Gasteiger partial charge on any atom is 2.00 e. The average Bonchev–Trinajstić information content (AvgIpc) is 2.00. The maximum atomic E-state index is 9.92. The molecule has 0 spiro atoms. The van der Waals surface area contributed by atoms with E-state index < -0.39 is 13.8 Å². The minimum absolute atomic E-state index is 0. The van der Waals surface area contributed by atoms with E-state index in [0.29, 0.717) is 0 Å². The minimum atomic E-state index is -4.89. The number of phosphoric acid groups is 1. The average molecular weight is 280 g/mol. The van der Waals surface area contributed by atoms with Gasteiger partial charge in [0.1, 0.15) is 0 Å². The Labute approximate surface area is 125 Å². The van der Waals surface area contributed by atoms with Crippen molar-refractivity contribution in [3.05, 3.63) is 0 Å². The number of carbonyl (C=O) groups is 1. The normalized spacial score (nSPS) is 9.75. The molecule has 0 heterocycles. The van der Waals surface area contributed by atoms with E-state index in [4.69, 9.17) is 19.2 Å². The van der Waals surface area contributed by atoms with Gasteiger partial charge in [-0.3, -0.25) is 4.57 Å². The molecule has 0 radical (unpaired) electrons. The minimum Gasteiger partial charge on any atom is -0.756 e. The Morgan fingerprint density at radius 3 is 1.88 bits per heavy atom. The molecule has 0 saturated carbocycles. The smallest absolute Gasteiger partial charge is 0.756 e. The second-order valence-electron chi connectivity index (χ2n) is 3.03.